The highest BCUT2D eigenvalue weighted by atomic mass is 32.2. The lowest BCUT2D eigenvalue weighted by Crippen LogP contribution is -2.39. The number of sulfonamides is 1. The van der Waals surface area contributed by atoms with Crippen molar-refractivity contribution in [3.05, 3.63) is 29.3 Å². The van der Waals surface area contributed by atoms with Gasteiger partial charge in [-0.25, -0.2) is 13.6 Å². The van der Waals surface area contributed by atoms with E-state index in [1.807, 2.05) is 11.8 Å². The molecule has 116 valence electrons. The molecule has 1 amide bonds. The zero-order valence-corrected chi connectivity index (χ0v) is 13.5. The third-order valence-electron chi connectivity index (χ3n) is 4.23. The Balaban J connectivity index is 2.40. The molecule has 2 atom stereocenters. The predicted octanol–water partition coefficient (Wildman–Crippen LogP) is 2.05. The number of carbonyl (C=O) groups is 1. The van der Waals surface area contributed by atoms with E-state index in [-0.39, 0.29) is 22.9 Å². The van der Waals surface area contributed by atoms with E-state index in [0.29, 0.717) is 11.1 Å². The van der Waals surface area contributed by atoms with Crippen molar-refractivity contribution < 1.29 is 13.2 Å². The molecule has 0 aromatic heterocycles. The number of amides is 1. The molecule has 0 bridgehead atoms. The van der Waals surface area contributed by atoms with Gasteiger partial charge in [-0.3, -0.25) is 4.79 Å². The van der Waals surface area contributed by atoms with Crippen molar-refractivity contribution in [3.63, 3.8) is 0 Å². The van der Waals surface area contributed by atoms with Gasteiger partial charge in [-0.1, -0.05) is 13.0 Å². The Kier molecular flexibility index (Phi) is 4.39. The summed E-state index contributed by atoms with van der Waals surface area (Å²) >= 11 is 0. The van der Waals surface area contributed by atoms with Crippen LogP contribution < -0.4 is 5.14 Å². The fraction of sp³-hybridized carbons (Fsp3) is 0.533. The number of rotatable bonds is 3. The Labute approximate surface area is 126 Å². The molecule has 21 heavy (non-hydrogen) atoms. The first-order valence-electron chi connectivity index (χ1n) is 7.21. The standard InChI is InChI=1S/C15H22N2O3S/c1-4-13-8-6-11(3)17(13)15(18)12-7-5-10(2)14(9-12)21(16,19)20/h5,7,9,11,13H,4,6,8H2,1-3H3,(H2,16,19,20). The monoisotopic (exact) mass is 310 g/mol. The molecule has 1 aromatic carbocycles. The number of hydrogen-bond acceptors (Lipinski definition) is 3. The summed E-state index contributed by atoms with van der Waals surface area (Å²) in [4.78, 5) is 14.6. The lowest BCUT2D eigenvalue weighted by atomic mass is 10.1. The molecule has 0 aliphatic carbocycles. The molecule has 1 aliphatic rings. The Morgan fingerprint density at radius 2 is 2.05 bits per heavy atom. The van der Waals surface area contributed by atoms with Crippen LogP contribution in [0, 0.1) is 6.92 Å². The normalized spacial score (nSPS) is 22.6. The number of nitrogens with two attached hydrogens (primary N) is 1. The maximum absolute atomic E-state index is 12.7. The van der Waals surface area contributed by atoms with Gasteiger partial charge < -0.3 is 4.90 Å². The Bertz CT molecular complexity index is 655. The Morgan fingerprint density at radius 1 is 1.38 bits per heavy atom. The molecule has 2 N–H and O–H groups in total. The largest absolute Gasteiger partial charge is 0.333 e. The first kappa shape index (κ1) is 16.0. The first-order chi connectivity index (χ1) is 9.75. The molecule has 2 unspecified atom stereocenters. The van der Waals surface area contributed by atoms with E-state index in [4.69, 9.17) is 5.14 Å². The summed E-state index contributed by atoms with van der Waals surface area (Å²) in [5.41, 5.74) is 0.937. The molecule has 5 nitrogen and oxygen atoms in total. The summed E-state index contributed by atoms with van der Waals surface area (Å²) in [7, 11) is -3.82. The van der Waals surface area contributed by atoms with Gasteiger partial charge in [0.05, 0.1) is 4.90 Å². The van der Waals surface area contributed by atoms with Crippen LogP contribution >= 0.6 is 0 Å². The lowest BCUT2D eigenvalue weighted by Gasteiger charge is -2.28. The molecule has 0 spiro atoms. The minimum absolute atomic E-state index is 0.0215. The number of aryl methyl sites for hydroxylation is 1. The fourth-order valence-corrected chi connectivity index (χ4v) is 3.84. The van der Waals surface area contributed by atoms with Gasteiger partial charge in [-0.15, -0.1) is 0 Å². The van der Waals surface area contributed by atoms with Crippen molar-refractivity contribution in [3.8, 4) is 0 Å². The summed E-state index contributed by atoms with van der Waals surface area (Å²) in [5, 5.41) is 5.21. The molecular formula is C15H22N2O3S. The van der Waals surface area contributed by atoms with Crippen molar-refractivity contribution in [2.24, 2.45) is 5.14 Å². The maximum atomic E-state index is 12.7. The van der Waals surface area contributed by atoms with E-state index < -0.39 is 10.0 Å². The highest BCUT2D eigenvalue weighted by Gasteiger charge is 2.33. The second-order valence-corrected chi connectivity index (χ2v) is 7.26. The summed E-state index contributed by atoms with van der Waals surface area (Å²) in [6.45, 7) is 5.76. The number of primary sulfonamides is 1. The van der Waals surface area contributed by atoms with E-state index in [9.17, 15) is 13.2 Å². The van der Waals surface area contributed by atoms with Crippen LogP contribution in [0.15, 0.2) is 23.1 Å². The lowest BCUT2D eigenvalue weighted by molar-refractivity contribution is 0.0676. The number of hydrogen-bond donors (Lipinski definition) is 1. The number of benzene rings is 1. The van der Waals surface area contributed by atoms with Gasteiger partial charge >= 0.3 is 0 Å². The average molecular weight is 310 g/mol. The second kappa shape index (κ2) is 5.77. The highest BCUT2D eigenvalue weighted by molar-refractivity contribution is 7.89. The van der Waals surface area contributed by atoms with Gasteiger partial charge in [0, 0.05) is 17.6 Å². The zero-order chi connectivity index (χ0) is 15.8. The quantitative estimate of drug-likeness (QED) is 0.927. The van der Waals surface area contributed by atoms with Crippen LogP contribution in [0.1, 0.15) is 49.0 Å². The van der Waals surface area contributed by atoms with Gasteiger partial charge in [-0.2, -0.15) is 0 Å². The average Bonchev–Trinajstić information content (AvgIpc) is 2.78. The van der Waals surface area contributed by atoms with Crippen LogP contribution in [-0.4, -0.2) is 31.3 Å². The van der Waals surface area contributed by atoms with Crippen LogP contribution in [0.2, 0.25) is 0 Å². The van der Waals surface area contributed by atoms with Crippen molar-refractivity contribution in [1.82, 2.24) is 4.90 Å². The third kappa shape index (κ3) is 3.11. The smallest absolute Gasteiger partial charge is 0.254 e. The van der Waals surface area contributed by atoms with Crippen LogP contribution in [0.5, 0.6) is 0 Å². The van der Waals surface area contributed by atoms with Crippen molar-refractivity contribution >= 4 is 15.9 Å². The van der Waals surface area contributed by atoms with Gasteiger partial charge in [0.2, 0.25) is 10.0 Å². The molecule has 1 fully saturated rings. The molecular weight excluding hydrogens is 288 g/mol. The number of carbonyl (C=O) groups excluding carboxylic acids is 1. The summed E-state index contributed by atoms with van der Waals surface area (Å²) in [6, 6.07) is 5.11. The Morgan fingerprint density at radius 3 is 2.62 bits per heavy atom. The van der Waals surface area contributed by atoms with Gasteiger partial charge in [0.1, 0.15) is 0 Å². The SMILES string of the molecule is CCC1CCC(C)N1C(=O)c1ccc(C)c(S(N)(=O)=O)c1. The summed E-state index contributed by atoms with van der Waals surface area (Å²) < 4.78 is 23.2. The van der Waals surface area contributed by atoms with Crippen molar-refractivity contribution in [1.29, 1.82) is 0 Å². The van der Waals surface area contributed by atoms with Gasteiger partial charge in [-0.05, 0) is 50.8 Å². The Hall–Kier alpha value is -1.40. The van der Waals surface area contributed by atoms with E-state index >= 15 is 0 Å². The molecule has 0 saturated carbocycles. The second-order valence-electron chi connectivity index (χ2n) is 5.73. The van der Waals surface area contributed by atoms with Crippen LogP contribution in [-0.2, 0) is 10.0 Å². The first-order valence-corrected chi connectivity index (χ1v) is 8.76. The highest BCUT2D eigenvalue weighted by Crippen LogP contribution is 2.28. The van der Waals surface area contributed by atoms with Crippen LogP contribution in [0.4, 0.5) is 0 Å². The van der Waals surface area contributed by atoms with Gasteiger partial charge in [0.15, 0.2) is 0 Å². The number of likely N-dealkylation sites (tertiary alicyclic amines) is 1. The fourth-order valence-electron chi connectivity index (χ4n) is 3.03. The molecule has 1 saturated heterocycles. The van der Waals surface area contributed by atoms with E-state index in [1.54, 1.807) is 19.1 Å². The van der Waals surface area contributed by atoms with E-state index in [0.717, 1.165) is 19.3 Å². The molecule has 1 heterocycles. The summed E-state index contributed by atoms with van der Waals surface area (Å²) in [6.07, 6.45) is 2.89. The van der Waals surface area contributed by atoms with Crippen molar-refractivity contribution in [2.75, 3.05) is 0 Å². The maximum Gasteiger partial charge on any atom is 0.254 e. The molecule has 1 aromatic rings. The topological polar surface area (TPSA) is 80.5 Å². The molecule has 1 aliphatic heterocycles. The van der Waals surface area contributed by atoms with Crippen molar-refractivity contribution in [2.45, 2.75) is 57.0 Å². The molecule has 0 radical (unpaired) electrons. The third-order valence-corrected chi connectivity index (χ3v) is 5.29. The summed E-state index contributed by atoms with van der Waals surface area (Å²) in [5.74, 6) is -0.114. The molecule has 2 rings (SSSR count). The van der Waals surface area contributed by atoms with Gasteiger partial charge in [0.25, 0.3) is 5.91 Å². The zero-order valence-electron chi connectivity index (χ0n) is 12.7. The van der Waals surface area contributed by atoms with E-state index in [1.165, 1.54) is 6.07 Å². The van der Waals surface area contributed by atoms with Crippen LogP contribution in [0.3, 0.4) is 0 Å². The number of nitrogens with zero attached hydrogens (tertiary/aromatic N) is 1. The molecule has 6 heteroatoms. The van der Waals surface area contributed by atoms with Crippen LogP contribution in [0.25, 0.3) is 0 Å². The minimum atomic E-state index is -3.82. The van der Waals surface area contributed by atoms with E-state index in [2.05, 4.69) is 6.92 Å². The minimum Gasteiger partial charge on any atom is -0.333 e. The predicted molar refractivity (Wildman–Crippen MR) is 81.5 cm³/mol.